The SMILES string of the molecule is CCc1ccc(-c2cc(F)c(C(F)(F)Oc3ccc4c(F)c(F)c(F)cc4c3)c(F)c2)cc1. The molecule has 1 nitrogen and oxygen atoms in total. The zero-order valence-electron chi connectivity index (χ0n) is 17.0. The van der Waals surface area contributed by atoms with Gasteiger partial charge in [0.15, 0.2) is 17.5 Å². The fraction of sp³-hybridized carbons (Fsp3) is 0.120. The van der Waals surface area contributed by atoms with Crippen molar-refractivity contribution in [1.82, 2.24) is 0 Å². The molecule has 170 valence electrons. The molecule has 0 aromatic heterocycles. The highest BCUT2D eigenvalue weighted by atomic mass is 19.3. The summed E-state index contributed by atoms with van der Waals surface area (Å²) in [6.45, 7) is 1.94. The van der Waals surface area contributed by atoms with Gasteiger partial charge in [-0.1, -0.05) is 31.2 Å². The topological polar surface area (TPSA) is 9.23 Å². The molecule has 0 amide bonds. The summed E-state index contributed by atoms with van der Waals surface area (Å²) in [5.74, 6) is -8.43. The molecule has 0 spiro atoms. The minimum atomic E-state index is -4.45. The molecule has 0 saturated heterocycles. The maximum atomic E-state index is 14.7. The quantitative estimate of drug-likeness (QED) is 0.216. The highest BCUT2D eigenvalue weighted by Gasteiger charge is 2.41. The van der Waals surface area contributed by atoms with Gasteiger partial charge < -0.3 is 4.74 Å². The zero-order chi connectivity index (χ0) is 23.9. The first-order valence-corrected chi connectivity index (χ1v) is 9.83. The highest BCUT2D eigenvalue weighted by molar-refractivity contribution is 5.84. The predicted molar refractivity (Wildman–Crippen MR) is 110 cm³/mol. The van der Waals surface area contributed by atoms with E-state index in [0.29, 0.717) is 11.6 Å². The van der Waals surface area contributed by atoms with Crippen LogP contribution in [0.1, 0.15) is 18.1 Å². The van der Waals surface area contributed by atoms with Gasteiger partial charge in [-0.3, -0.25) is 0 Å². The third-order valence-corrected chi connectivity index (χ3v) is 5.22. The van der Waals surface area contributed by atoms with Gasteiger partial charge in [0, 0.05) is 5.39 Å². The standard InChI is InChI=1S/C25H15F7O/c1-2-13-3-5-14(6-4-13)15-10-19(26)22(20(27)11-15)25(31,32)33-17-7-8-18-16(9-17)12-21(28)24(30)23(18)29/h3-12H,2H2,1H3. The second kappa shape index (κ2) is 8.42. The molecule has 0 aliphatic carbocycles. The van der Waals surface area contributed by atoms with Gasteiger partial charge >= 0.3 is 6.11 Å². The monoisotopic (exact) mass is 464 g/mol. The second-order valence-electron chi connectivity index (χ2n) is 7.35. The van der Waals surface area contributed by atoms with E-state index in [4.69, 9.17) is 0 Å². The van der Waals surface area contributed by atoms with Crippen LogP contribution >= 0.6 is 0 Å². The normalized spacial score (nSPS) is 11.8. The molecule has 0 aliphatic rings. The van der Waals surface area contributed by atoms with Crippen molar-refractivity contribution in [2.24, 2.45) is 0 Å². The van der Waals surface area contributed by atoms with Crippen LogP contribution in [0.15, 0.2) is 60.7 Å². The van der Waals surface area contributed by atoms with Crippen molar-refractivity contribution in [2.75, 3.05) is 0 Å². The number of halogens is 7. The first-order valence-electron chi connectivity index (χ1n) is 9.83. The number of hydrogen-bond acceptors (Lipinski definition) is 1. The van der Waals surface area contributed by atoms with Gasteiger partial charge in [-0.2, -0.15) is 8.78 Å². The fourth-order valence-corrected chi connectivity index (χ4v) is 3.50. The van der Waals surface area contributed by atoms with E-state index in [1.165, 1.54) is 0 Å². The molecule has 0 atom stereocenters. The van der Waals surface area contributed by atoms with Crippen LogP contribution in [-0.2, 0) is 12.5 Å². The fourth-order valence-electron chi connectivity index (χ4n) is 3.50. The van der Waals surface area contributed by atoms with E-state index in [1.54, 1.807) is 24.3 Å². The maximum absolute atomic E-state index is 14.7. The Labute approximate surface area is 184 Å². The molecule has 0 fully saturated rings. The summed E-state index contributed by atoms with van der Waals surface area (Å²) < 4.78 is 104. The van der Waals surface area contributed by atoms with Crippen LogP contribution in [0.2, 0.25) is 0 Å². The summed E-state index contributed by atoms with van der Waals surface area (Å²) in [7, 11) is 0. The van der Waals surface area contributed by atoms with Gasteiger partial charge in [0.05, 0.1) is 0 Å². The molecule has 0 N–H and O–H groups in total. The first kappa shape index (κ1) is 22.6. The number of ether oxygens (including phenoxy) is 1. The largest absolute Gasteiger partial charge is 0.432 e. The second-order valence-corrected chi connectivity index (χ2v) is 7.35. The van der Waals surface area contributed by atoms with Crippen LogP contribution in [0, 0.1) is 29.1 Å². The van der Waals surface area contributed by atoms with E-state index in [-0.39, 0.29) is 16.3 Å². The van der Waals surface area contributed by atoms with E-state index < -0.39 is 46.5 Å². The van der Waals surface area contributed by atoms with E-state index >= 15 is 0 Å². The Balaban J connectivity index is 1.68. The zero-order valence-corrected chi connectivity index (χ0v) is 17.0. The summed E-state index contributed by atoms with van der Waals surface area (Å²) >= 11 is 0. The number of aryl methyl sites for hydroxylation is 1. The third kappa shape index (κ3) is 4.25. The van der Waals surface area contributed by atoms with Gasteiger partial charge in [-0.05, 0) is 64.9 Å². The summed E-state index contributed by atoms with van der Waals surface area (Å²) in [4.78, 5) is 0. The van der Waals surface area contributed by atoms with Crippen molar-refractivity contribution in [2.45, 2.75) is 19.5 Å². The van der Waals surface area contributed by atoms with E-state index in [1.807, 2.05) is 6.92 Å². The number of hydrogen-bond donors (Lipinski definition) is 0. The average Bonchev–Trinajstić information content (AvgIpc) is 2.76. The highest BCUT2D eigenvalue weighted by Crippen LogP contribution is 2.38. The van der Waals surface area contributed by atoms with Crippen LogP contribution in [0.3, 0.4) is 0 Å². The minimum Gasteiger partial charge on any atom is -0.429 e. The number of fused-ring (bicyclic) bond motifs is 1. The van der Waals surface area contributed by atoms with Gasteiger partial charge in [0.25, 0.3) is 0 Å². The molecule has 0 radical (unpaired) electrons. The molecule has 0 unspecified atom stereocenters. The van der Waals surface area contributed by atoms with Crippen LogP contribution in [0.25, 0.3) is 21.9 Å². The van der Waals surface area contributed by atoms with Crippen molar-refractivity contribution in [1.29, 1.82) is 0 Å². The molecule has 33 heavy (non-hydrogen) atoms. The van der Waals surface area contributed by atoms with Crippen molar-refractivity contribution < 1.29 is 35.5 Å². The molecule has 0 saturated carbocycles. The van der Waals surface area contributed by atoms with Crippen molar-refractivity contribution in [3.05, 3.63) is 101 Å². The molecule has 4 aromatic rings. The summed E-state index contributed by atoms with van der Waals surface area (Å²) in [6, 6.07) is 11.5. The van der Waals surface area contributed by atoms with Crippen LogP contribution in [0.4, 0.5) is 30.7 Å². The van der Waals surface area contributed by atoms with Crippen LogP contribution in [0.5, 0.6) is 5.75 Å². The molecule has 4 rings (SSSR count). The lowest BCUT2D eigenvalue weighted by Crippen LogP contribution is -2.25. The Hall–Kier alpha value is -3.55. The van der Waals surface area contributed by atoms with E-state index in [0.717, 1.165) is 42.3 Å². The Morgan fingerprint density at radius 2 is 1.33 bits per heavy atom. The lowest BCUT2D eigenvalue weighted by atomic mass is 10.0. The Morgan fingerprint density at radius 1 is 0.697 bits per heavy atom. The van der Waals surface area contributed by atoms with Gasteiger partial charge in [-0.15, -0.1) is 0 Å². The predicted octanol–water partition coefficient (Wildman–Crippen LogP) is 7.89. The van der Waals surface area contributed by atoms with Gasteiger partial charge in [0.2, 0.25) is 0 Å². The molecule has 0 heterocycles. The summed E-state index contributed by atoms with van der Waals surface area (Å²) in [6.07, 6.45) is -3.70. The molecule has 0 bridgehead atoms. The molecule has 4 aromatic carbocycles. The number of alkyl halides is 2. The Kier molecular flexibility index (Phi) is 5.78. The number of rotatable bonds is 5. The minimum absolute atomic E-state index is 0.0610. The molecular formula is C25H15F7O. The average molecular weight is 464 g/mol. The van der Waals surface area contributed by atoms with E-state index in [9.17, 15) is 30.7 Å². The lowest BCUT2D eigenvalue weighted by Gasteiger charge is -2.20. The first-order chi connectivity index (χ1) is 15.6. The summed E-state index contributed by atoms with van der Waals surface area (Å²) in [5, 5.41) is -0.646. The molecule has 8 heteroatoms. The smallest absolute Gasteiger partial charge is 0.429 e. The Morgan fingerprint density at radius 3 is 1.94 bits per heavy atom. The van der Waals surface area contributed by atoms with Crippen LogP contribution < -0.4 is 4.74 Å². The van der Waals surface area contributed by atoms with Gasteiger partial charge in [0.1, 0.15) is 22.9 Å². The van der Waals surface area contributed by atoms with Gasteiger partial charge in [-0.25, -0.2) is 22.0 Å². The lowest BCUT2D eigenvalue weighted by molar-refractivity contribution is -0.189. The van der Waals surface area contributed by atoms with Crippen molar-refractivity contribution in [3.63, 3.8) is 0 Å². The number of benzene rings is 4. The van der Waals surface area contributed by atoms with Crippen molar-refractivity contribution >= 4 is 10.8 Å². The third-order valence-electron chi connectivity index (χ3n) is 5.22. The molecular weight excluding hydrogens is 449 g/mol. The summed E-state index contributed by atoms with van der Waals surface area (Å²) in [5.41, 5.74) is -0.125. The molecule has 0 aliphatic heterocycles. The van der Waals surface area contributed by atoms with Crippen LogP contribution in [-0.4, -0.2) is 0 Å². The van der Waals surface area contributed by atoms with E-state index in [2.05, 4.69) is 4.74 Å². The Bertz CT molecular complexity index is 1320. The maximum Gasteiger partial charge on any atom is 0.432 e. The van der Waals surface area contributed by atoms with Crippen molar-refractivity contribution in [3.8, 4) is 16.9 Å².